The Hall–Kier alpha value is -7.86. The van der Waals surface area contributed by atoms with E-state index in [1.807, 2.05) is 24.3 Å². The number of rotatable bonds is 4. The van der Waals surface area contributed by atoms with E-state index in [9.17, 15) is 10.5 Å². The third kappa shape index (κ3) is 4.45. The molecule has 0 aliphatic rings. The average molecular weight is 700 g/mol. The van der Waals surface area contributed by atoms with Crippen LogP contribution in [-0.2, 0) is 0 Å². The van der Waals surface area contributed by atoms with Gasteiger partial charge in [-0.15, -0.1) is 0 Å². The number of nitrogens with zero attached hydrogens (tertiary/aromatic N) is 5. The lowest BCUT2D eigenvalue weighted by Crippen LogP contribution is -2.01. The number of nitriles is 2. The van der Waals surface area contributed by atoms with Crippen LogP contribution in [0.5, 0.6) is 0 Å². The van der Waals surface area contributed by atoms with Crippen molar-refractivity contribution < 1.29 is 0 Å². The van der Waals surface area contributed by atoms with Gasteiger partial charge < -0.3 is 13.7 Å². The summed E-state index contributed by atoms with van der Waals surface area (Å²) in [5, 5.41) is 27.1. The first-order chi connectivity index (χ1) is 27.2. The predicted molar refractivity (Wildman–Crippen MR) is 224 cm³/mol. The fourth-order valence-electron chi connectivity index (χ4n) is 8.78. The van der Waals surface area contributed by atoms with Crippen molar-refractivity contribution in [3.05, 3.63) is 187 Å². The Morgan fingerprint density at radius 2 is 0.873 bits per heavy atom. The van der Waals surface area contributed by atoms with Crippen LogP contribution >= 0.6 is 0 Å². The van der Waals surface area contributed by atoms with Gasteiger partial charge in [0.05, 0.1) is 56.0 Å². The summed E-state index contributed by atoms with van der Waals surface area (Å²) >= 11 is 0. The fourth-order valence-corrected chi connectivity index (χ4v) is 8.78. The summed E-state index contributed by atoms with van der Waals surface area (Å²) in [7, 11) is 0. The Labute approximate surface area is 316 Å². The van der Waals surface area contributed by atoms with E-state index < -0.39 is 0 Å². The van der Waals surface area contributed by atoms with Crippen molar-refractivity contribution >= 4 is 65.4 Å². The van der Waals surface area contributed by atoms with Gasteiger partial charge in [0.15, 0.2) is 0 Å². The minimum Gasteiger partial charge on any atom is -0.309 e. The second-order valence-electron chi connectivity index (χ2n) is 14.0. The second-order valence-corrected chi connectivity index (χ2v) is 14.0. The molecule has 3 heterocycles. The third-order valence-corrected chi connectivity index (χ3v) is 11.1. The molecule has 5 nitrogen and oxygen atoms in total. The summed E-state index contributed by atoms with van der Waals surface area (Å²) in [6.45, 7) is 0. The number of hydrogen-bond acceptors (Lipinski definition) is 2. The molecule has 0 amide bonds. The van der Waals surface area contributed by atoms with Crippen LogP contribution in [0.1, 0.15) is 11.1 Å². The van der Waals surface area contributed by atoms with Crippen molar-refractivity contribution in [2.45, 2.75) is 0 Å². The number of hydrogen-bond donors (Lipinski definition) is 0. The lowest BCUT2D eigenvalue weighted by atomic mass is 9.99. The van der Waals surface area contributed by atoms with Gasteiger partial charge in [-0.1, -0.05) is 103 Å². The lowest BCUT2D eigenvalue weighted by molar-refractivity contribution is 1.15. The Morgan fingerprint density at radius 1 is 0.345 bits per heavy atom. The van der Waals surface area contributed by atoms with E-state index in [1.165, 1.54) is 5.39 Å². The Kier molecular flexibility index (Phi) is 6.61. The van der Waals surface area contributed by atoms with Gasteiger partial charge >= 0.3 is 0 Å². The first-order valence-corrected chi connectivity index (χ1v) is 18.3. The molecule has 5 heteroatoms. The molecule has 0 radical (unpaired) electrons. The van der Waals surface area contributed by atoms with Crippen LogP contribution in [0.4, 0.5) is 0 Å². The van der Waals surface area contributed by atoms with Crippen LogP contribution < -0.4 is 0 Å². The van der Waals surface area contributed by atoms with Gasteiger partial charge in [0.1, 0.15) is 6.07 Å². The van der Waals surface area contributed by atoms with Crippen molar-refractivity contribution in [1.82, 2.24) is 13.7 Å². The van der Waals surface area contributed by atoms with Crippen LogP contribution in [0.25, 0.3) is 93.6 Å². The maximum absolute atomic E-state index is 10.6. The molecule has 0 aliphatic heterocycles. The lowest BCUT2D eigenvalue weighted by Gasteiger charge is -2.17. The molecule has 11 rings (SSSR count). The van der Waals surface area contributed by atoms with E-state index in [1.54, 1.807) is 0 Å². The normalized spacial score (nSPS) is 11.6. The predicted octanol–water partition coefficient (Wildman–Crippen LogP) is 12.4. The quantitative estimate of drug-likeness (QED) is 0.184. The van der Waals surface area contributed by atoms with Gasteiger partial charge in [-0.2, -0.15) is 10.5 Å². The molecule has 0 saturated carbocycles. The standard InChI is InChI=1S/C50H29N5/c51-30-32-23-26-48-43(27-32)41-17-4-6-20-45(41)53(48)36-24-25-42-40-16-1-5-19-44(40)54(49(42)29-36)35-13-9-11-33(28-35)37-18-10-12-34(31-52)50(37)55-46-21-7-2-14-38(46)39-15-3-8-22-47(39)55/h1-29H. The highest BCUT2D eigenvalue weighted by Crippen LogP contribution is 2.40. The SMILES string of the molecule is N#Cc1ccc2c(c1)c1ccccc1n2-c1ccc2c3ccccc3n(-c3cccc(-c4cccc(C#N)c4-n4c5ccccc5c5ccccc54)c3)c2c1. The van der Waals surface area contributed by atoms with E-state index in [2.05, 4.69) is 177 Å². The Balaban J connectivity index is 1.16. The average Bonchev–Trinajstić information content (AvgIpc) is 3.88. The molecular formula is C50H29N5. The summed E-state index contributed by atoms with van der Waals surface area (Å²) in [6.07, 6.45) is 0. The first kappa shape index (κ1) is 30.7. The largest absolute Gasteiger partial charge is 0.309 e. The van der Waals surface area contributed by atoms with Crippen LogP contribution in [0.15, 0.2) is 176 Å². The fraction of sp³-hybridized carbons (Fsp3) is 0. The summed E-state index contributed by atoms with van der Waals surface area (Å²) in [5.41, 5.74) is 12.7. The van der Waals surface area contributed by atoms with Gasteiger partial charge in [0.2, 0.25) is 0 Å². The Morgan fingerprint density at radius 3 is 1.51 bits per heavy atom. The van der Waals surface area contributed by atoms with Crippen molar-refractivity contribution in [3.8, 4) is 40.3 Å². The molecule has 0 unspecified atom stereocenters. The maximum atomic E-state index is 10.6. The molecule has 0 aliphatic carbocycles. The number of fused-ring (bicyclic) bond motifs is 9. The van der Waals surface area contributed by atoms with Gasteiger partial charge in [-0.05, 0) is 78.4 Å². The van der Waals surface area contributed by atoms with E-state index in [4.69, 9.17) is 0 Å². The van der Waals surface area contributed by atoms with Crippen LogP contribution in [0.2, 0.25) is 0 Å². The van der Waals surface area contributed by atoms with Crippen molar-refractivity contribution in [1.29, 1.82) is 10.5 Å². The minimum atomic E-state index is 0.615. The molecule has 0 spiro atoms. The van der Waals surface area contributed by atoms with E-state index in [-0.39, 0.29) is 0 Å². The van der Waals surface area contributed by atoms with E-state index in [0.29, 0.717) is 11.1 Å². The summed E-state index contributed by atoms with van der Waals surface area (Å²) < 4.78 is 6.91. The highest BCUT2D eigenvalue weighted by Gasteiger charge is 2.21. The molecule has 0 bridgehead atoms. The van der Waals surface area contributed by atoms with Crippen molar-refractivity contribution in [3.63, 3.8) is 0 Å². The van der Waals surface area contributed by atoms with E-state index in [0.717, 1.165) is 88.2 Å². The molecule has 0 N–H and O–H groups in total. The van der Waals surface area contributed by atoms with Gasteiger partial charge in [0, 0.05) is 49.3 Å². The summed E-state index contributed by atoms with van der Waals surface area (Å²) in [6, 6.07) is 66.0. The smallest absolute Gasteiger partial charge is 0.101 e. The second kappa shape index (κ2) is 11.8. The van der Waals surface area contributed by atoms with Gasteiger partial charge in [0.25, 0.3) is 0 Å². The Bertz CT molecular complexity index is 3420. The molecular weight excluding hydrogens is 671 g/mol. The molecule has 0 saturated heterocycles. The summed E-state index contributed by atoms with van der Waals surface area (Å²) in [5.74, 6) is 0. The maximum Gasteiger partial charge on any atom is 0.101 e. The molecule has 0 atom stereocenters. The number of aromatic nitrogens is 3. The monoisotopic (exact) mass is 699 g/mol. The topological polar surface area (TPSA) is 62.4 Å². The molecule has 11 aromatic rings. The van der Waals surface area contributed by atoms with Gasteiger partial charge in [-0.3, -0.25) is 0 Å². The van der Waals surface area contributed by atoms with Gasteiger partial charge in [-0.25, -0.2) is 0 Å². The molecule has 8 aromatic carbocycles. The van der Waals surface area contributed by atoms with E-state index >= 15 is 0 Å². The molecule has 3 aromatic heterocycles. The van der Waals surface area contributed by atoms with Crippen molar-refractivity contribution in [2.75, 3.05) is 0 Å². The third-order valence-electron chi connectivity index (χ3n) is 11.1. The highest BCUT2D eigenvalue weighted by molar-refractivity contribution is 6.13. The molecule has 254 valence electrons. The van der Waals surface area contributed by atoms with Crippen LogP contribution in [0, 0.1) is 22.7 Å². The minimum absolute atomic E-state index is 0.615. The zero-order valence-electron chi connectivity index (χ0n) is 29.5. The molecule has 0 fully saturated rings. The van der Waals surface area contributed by atoms with Crippen LogP contribution in [-0.4, -0.2) is 13.7 Å². The number of benzene rings is 8. The first-order valence-electron chi connectivity index (χ1n) is 18.3. The highest BCUT2D eigenvalue weighted by atomic mass is 15.0. The van der Waals surface area contributed by atoms with Crippen molar-refractivity contribution in [2.24, 2.45) is 0 Å². The number of para-hydroxylation sites is 5. The van der Waals surface area contributed by atoms with Crippen LogP contribution in [0.3, 0.4) is 0 Å². The molecule has 55 heavy (non-hydrogen) atoms. The zero-order chi connectivity index (χ0) is 36.6. The summed E-state index contributed by atoms with van der Waals surface area (Å²) in [4.78, 5) is 0. The zero-order valence-corrected chi connectivity index (χ0v) is 29.5.